The minimum absolute atomic E-state index is 0.0706. The Morgan fingerprint density at radius 3 is 2.73 bits per heavy atom. The van der Waals surface area contributed by atoms with Crippen LogP contribution in [0.1, 0.15) is 61.9 Å². The zero-order chi connectivity index (χ0) is 25.9. The summed E-state index contributed by atoms with van der Waals surface area (Å²) in [5.41, 5.74) is 1.21. The second-order valence-corrected chi connectivity index (χ2v) is 10.7. The normalized spacial score (nSPS) is 25.0. The number of nitrogens with one attached hydrogen (secondary N) is 3. The molecule has 2 aromatic rings. The lowest BCUT2D eigenvalue weighted by Gasteiger charge is -2.27. The van der Waals surface area contributed by atoms with E-state index in [0.29, 0.717) is 43.3 Å². The number of benzene rings is 1. The predicted octanol–water partition coefficient (Wildman–Crippen LogP) is 3.12. The van der Waals surface area contributed by atoms with Crippen molar-refractivity contribution in [2.24, 2.45) is 17.8 Å². The van der Waals surface area contributed by atoms with Gasteiger partial charge in [-0.3, -0.25) is 14.4 Å². The second kappa shape index (κ2) is 10.8. The van der Waals surface area contributed by atoms with Gasteiger partial charge in [0.25, 0.3) is 5.91 Å². The summed E-state index contributed by atoms with van der Waals surface area (Å²) in [5.74, 6) is 0.544. The van der Waals surface area contributed by atoms with E-state index in [0.717, 1.165) is 23.7 Å². The molecule has 3 heterocycles. The number of hydrogen-bond donors (Lipinski definition) is 3. The highest BCUT2D eigenvalue weighted by Gasteiger charge is 2.43. The third-order valence-corrected chi connectivity index (χ3v) is 8.44. The van der Waals surface area contributed by atoms with Crippen LogP contribution in [-0.4, -0.2) is 59.9 Å². The van der Waals surface area contributed by atoms with Gasteiger partial charge in [-0.1, -0.05) is 38.2 Å². The highest BCUT2D eigenvalue weighted by Crippen LogP contribution is 2.38. The van der Waals surface area contributed by atoms with Crippen molar-refractivity contribution >= 4 is 28.6 Å². The van der Waals surface area contributed by atoms with Gasteiger partial charge < -0.3 is 25.3 Å². The Balaban J connectivity index is 1.37. The van der Waals surface area contributed by atoms with E-state index >= 15 is 0 Å². The van der Waals surface area contributed by atoms with Gasteiger partial charge in [-0.2, -0.15) is 5.26 Å². The lowest BCUT2D eigenvalue weighted by molar-refractivity contribution is -0.126. The van der Waals surface area contributed by atoms with Crippen molar-refractivity contribution in [3.63, 3.8) is 0 Å². The standard InChI is InChI=1S/C28H35N5O4/c1-37-25-9-5-8-22-21(25)14-23(32-22)28(36)33-16-19(17-6-3-2-4-7-17)13-24(33)27(35)31-20(15-29)12-18-10-11-30-26(18)34/h5,8-9,14,17-20,24,32H,2-4,6-7,10-13,16H2,1H3,(H,30,34)(H,31,35)/t18-,19?,20-,24?/m0/s1. The van der Waals surface area contributed by atoms with E-state index in [4.69, 9.17) is 4.74 Å². The number of aromatic nitrogens is 1. The van der Waals surface area contributed by atoms with E-state index in [1.807, 2.05) is 18.2 Å². The van der Waals surface area contributed by atoms with Gasteiger partial charge in [0.05, 0.1) is 13.2 Å². The van der Waals surface area contributed by atoms with E-state index in [-0.39, 0.29) is 36.0 Å². The third-order valence-electron chi connectivity index (χ3n) is 8.44. The number of aromatic amines is 1. The number of methoxy groups -OCH3 is 1. The molecular weight excluding hydrogens is 470 g/mol. The van der Waals surface area contributed by atoms with Crippen LogP contribution >= 0.6 is 0 Å². The molecule has 2 saturated heterocycles. The van der Waals surface area contributed by atoms with Crippen molar-refractivity contribution in [2.75, 3.05) is 20.2 Å². The summed E-state index contributed by atoms with van der Waals surface area (Å²) >= 11 is 0. The zero-order valence-electron chi connectivity index (χ0n) is 21.3. The van der Waals surface area contributed by atoms with Crippen molar-refractivity contribution in [1.29, 1.82) is 5.26 Å². The fourth-order valence-electron chi connectivity index (χ4n) is 6.43. The summed E-state index contributed by atoms with van der Waals surface area (Å²) in [6.07, 6.45) is 7.40. The average molecular weight is 506 g/mol. The minimum atomic E-state index is -0.774. The quantitative estimate of drug-likeness (QED) is 0.533. The Morgan fingerprint density at radius 2 is 2.03 bits per heavy atom. The molecule has 4 atom stereocenters. The molecule has 1 aliphatic carbocycles. The molecule has 1 aromatic heterocycles. The van der Waals surface area contributed by atoms with E-state index in [2.05, 4.69) is 21.7 Å². The fourth-order valence-corrected chi connectivity index (χ4v) is 6.43. The Morgan fingerprint density at radius 1 is 1.22 bits per heavy atom. The van der Waals surface area contributed by atoms with Crippen molar-refractivity contribution in [3.8, 4) is 11.8 Å². The number of amides is 3. The SMILES string of the molecule is COc1cccc2[nH]c(C(=O)N3CC(C4CCCCC4)CC3C(=O)N[C@H](C#N)C[C@@H]3CCNC3=O)cc12. The van der Waals surface area contributed by atoms with E-state index in [1.54, 1.807) is 18.1 Å². The van der Waals surface area contributed by atoms with Crippen molar-refractivity contribution in [1.82, 2.24) is 20.5 Å². The topological polar surface area (TPSA) is 127 Å². The van der Waals surface area contributed by atoms with Crippen LogP contribution in [0.4, 0.5) is 0 Å². The Hall–Kier alpha value is -3.54. The van der Waals surface area contributed by atoms with Gasteiger partial charge in [0.2, 0.25) is 11.8 Å². The summed E-state index contributed by atoms with van der Waals surface area (Å²) in [5, 5.41) is 16.2. The highest BCUT2D eigenvalue weighted by atomic mass is 16.5. The number of carbonyl (C=O) groups excluding carboxylic acids is 3. The summed E-state index contributed by atoms with van der Waals surface area (Å²) in [7, 11) is 1.60. The Bertz CT molecular complexity index is 1210. The van der Waals surface area contributed by atoms with Gasteiger partial charge in [0.1, 0.15) is 23.5 Å². The lowest BCUT2D eigenvalue weighted by atomic mass is 9.79. The molecule has 5 rings (SSSR count). The lowest BCUT2D eigenvalue weighted by Crippen LogP contribution is -2.49. The molecule has 3 N–H and O–H groups in total. The van der Waals surface area contributed by atoms with Crippen molar-refractivity contribution in [2.45, 2.75) is 63.5 Å². The first-order valence-corrected chi connectivity index (χ1v) is 13.4. The van der Waals surface area contributed by atoms with Gasteiger partial charge in [-0.15, -0.1) is 0 Å². The minimum Gasteiger partial charge on any atom is -0.496 e. The molecule has 196 valence electrons. The van der Waals surface area contributed by atoms with Crippen molar-refractivity contribution in [3.05, 3.63) is 30.0 Å². The first-order chi connectivity index (χ1) is 18.0. The van der Waals surface area contributed by atoms with E-state index < -0.39 is 12.1 Å². The number of nitrogens with zero attached hydrogens (tertiary/aromatic N) is 2. The molecule has 3 amide bonds. The van der Waals surface area contributed by atoms with Crippen LogP contribution in [0, 0.1) is 29.1 Å². The second-order valence-electron chi connectivity index (χ2n) is 10.7. The molecular formula is C28H35N5O4. The molecule has 37 heavy (non-hydrogen) atoms. The van der Waals surface area contributed by atoms with Crippen LogP contribution in [-0.2, 0) is 9.59 Å². The van der Waals surface area contributed by atoms with Crippen LogP contribution in [0.2, 0.25) is 0 Å². The maximum Gasteiger partial charge on any atom is 0.270 e. The summed E-state index contributed by atoms with van der Waals surface area (Å²) in [6, 6.07) is 8.12. The maximum absolute atomic E-state index is 13.8. The number of H-pyrrole nitrogens is 1. The molecule has 0 bridgehead atoms. The number of likely N-dealkylation sites (tertiary alicyclic amines) is 1. The molecule has 9 heteroatoms. The highest BCUT2D eigenvalue weighted by molar-refractivity contribution is 6.01. The van der Waals surface area contributed by atoms with Crippen LogP contribution in [0.3, 0.4) is 0 Å². The zero-order valence-corrected chi connectivity index (χ0v) is 21.3. The fraction of sp³-hybridized carbons (Fsp3) is 0.571. The molecule has 1 aromatic carbocycles. The molecule has 0 radical (unpaired) electrons. The van der Waals surface area contributed by atoms with Crippen LogP contribution in [0.5, 0.6) is 5.75 Å². The van der Waals surface area contributed by atoms with Gasteiger partial charge in [0, 0.05) is 29.9 Å². The average Bonchev–Trinajstić information content (AvgIpc) is 3.66. The first kappa shape index (κ1) is 25.1. The molecule has 3 aliphatic rings. The number of hydrogen-bond acceptors (Lipinski definition) is 5. The molecule has 2 aliphatic heterocycles. The first-order valence-electron chi connectivity index (χ1n) is 13.4. The third kappa shape index (κ3) is 5.15. The molecule has 2 unspecified atom stereocenters. The van der Waals surface area contributed by atoms with Gasteiger partial charge in [-0.25, -0.2) is 0 Å². The van der Waals surface area contributed by atoms with Crippen molar-refractivity contribution < 1.29 is 19.1 Å². The van der Waals surface area contributed by atoms with Crippen LogP contribution in [0.25, 0.3) is 10.9 Å². The summed E-state index contributed by atoms with van der Waals surface area (Å²) in [4.78, 5) is 44.2. The van der Waals surface area contributed by atoms with Gasteiger partial charge in [0.15, 0.2) is 0 Å². The predicted molar refractivity (Wildman–Crippen MR) is 138 cm³/mol. The van der Waals surface area contributed by atoms with Crippen LogP contribution < -0.4 is 15.4 Å². The molecule has 3 fully saturated rings. The molecule has 0 spiro atoms. The van der Waals surface area contributed by atoms with Gasteiger partial charge in [-0.05, 0) is 49.3 Å². The number of carbonyl (C=O) groups is 3. The van der Waals surface area contributed by atoms with Crippen LogP contribution in [0.15, 0.2) is 24.3 Å². The Kier molecular flexibility index (Phi) is 7.36. The number of rotatable bonds is 7. The number of fused-ring (bicyclic) bond motifs is 1. The van der Waals surface area contributed by atoms with E-state index in [9.17, 15) is 19.6 Å². The summed E-state index contributed by atoms with van der Waals surface area (Å²) < 4.78 is 5.45. The maximum atomic E-state index is 13.8. The summed E-state index contributed by atoms with van der Waals surface area (Å²) in [6.45, 7) is 1.12. The smallest absolute Gasteiger partial charge is 0.270 e. The number of ether oxygens (including phenoxy) is 1. The largest absolute Gasteiger partial charge is 0.496 e. The molecule has 1 saturated carbocycles. The van der Waals surface area contributed by atoms with Gasteiger partial charge >= 0.3 is 0 Å². The number of nitriles is 1. The monoisotopic (exact) mass is 505 g/mol. The molecule has 9 nitrogen and oxygen atoms in total. The van der Waals surface area contributed by atoms with E-state index in [1.165, 1.54) is 19.3 Å². The Labute approximate surface area is 216 Å².